The lowest BCUT2D eigenvalue weighted by atomic mass is 9.74. The molecule has 0 N–H and O–H groups in total. The van der Waals surface area contributed by atoms with E-state index in [0.717, 1.165) is 128 Å². The topological polar surface area (TPSA) is 70.2 Å². The summed E-state index contributed by atoms with van der Waals surface area (Å²) in [6.07, 6.45) is 1.97. The van der Waals surface area contributed by atoms with Crippen LogP contribution in [-0.4, -0.2) is 37.9 Å². The molecule has 0 saturated carbocycles. The predicted octanol–water partition coefficient (Wildman–Crippen LogP) is 18.9. The minimum atomic E-state index is -0.297. The van der Waals surface area contributed by atoms with Crippen molar-refractivity contribution >= 4 is 55.8 Å². The summed E-state index contributed by atoms with van der Waals surface area (Å²) in [4.78, 5) is 21.6. The Morgan fingerprint density at radius 3 is 1.26 bits per heavy atom. The Hall–Kier alpha value is -11.0. The zero-order valence-corrected chi connectivity index (χ0v) is 46.6. The van der Waals surface area contributed by atoms with Crippen LogP contribution in [0, 0.1) is 0 Å². The first-order valence-electron chi connectivity index (χ1n) is 28.6. The molecule has 0 fully saturated rings. The third kappa shape index (κ3) is 7.75. The summed E-state index contributed by atoms with van der Waals surface area (Å²) in [5.41, 5.74) is 25.0. The molecule has 0 bridgehead atoms. The van der Waals surface area contributed by atoms with Crippen LogP contribution in [0.25, 0.3) is 145 Å². The van der Waals surface area contributed by atoms with Crippen LogP contribution in [0.5, 0.6) is 0 Å². The number of benzene rings is 11. The molecule has 5 heterocycles. The van der Waals surface area contributed by atoms with Gasteiger partial charge in [0.2, 0.25) is 11.6 Å². The van der Waals surface area contributed by atoms with Gasteiger partial charge in [0.1, 0.15) is 5.52 Å². The van der Waals surface area contributed by atoms with E-state index in [-0.39, 0.29) is 5.41 Å². The minimum absolute atomic E-state index is 0.297. The highest BCUT2D eigenvalue weighted by molar-refractivity contribution is 6.15. The summed E-state index contributed by atoms with van der Waals surface area (Å²) < 4.78 is 8.99. The van der Waals surface area contributed by atoms with Crippen LogP contribution in [0.4, 0.5) is 0 Å². The van der Waals surface area contributed by atoms with Gasteiger partial charge in [0.25, 0.3) is 0 Å². The summed E-state index contributed by atoms with van der Waals surface area (Å²) in [6.45, 7) is 6.77. The summed E-state index contributed by atoms with van der Waals surface area (Å²) in [5, 5.41) is 0. The van der Waals surface area contributed by atoms with Gasteiger partial charge in [0, 0.05) is 11.3 Å². The first-order valence-corrected chi connectivity index (χ1v) is 28.6. The van der Waals surface area contributed by atoms with Gasteiger partial charge in [0.05, 0.1) is 45.0 Å². The Kier molecular flexibility index (Phi) is 11.3. The van der Waals surface area contributed by atoms with E-state index < -0.39 is 0 Å². The zero-order chi connectivity index (χ0) is 56.0. The second-order valence-electron chi connectivity index (χ2n) is 22.6. The second-order valence-corrected chi connectivity index (χ2v) is 22.6. The second kappa shape index (κ2) is 19.4. The molecular weight excluding hydrogens is 1020 g/mol. The predicted molar refractivity (Wildman–Crippen MR) is 345 cm³/mol. The fraction of sp³-hybridized carbons (Fsp3) is 0.0526. The number of rotatable bonds is 9. The summed E-state index contributed by atoms with van der Waals surface area (Å²) in [7, 11) is 0. The van der Waals surface area contributed by atoms with E-state index in [9.17, 15) is 0 Å². The van der Waals surface area contributed by atoms with Crippen molar-refractivity contribution in [1.29, 1.82) is 0 Å². The van der Waals surface area contributed by atoms with Crippen molar-refractivity contribution in [2.45, 2.75) is 26.2 Å². The number of aromatic nitrogens is 8. The zero-order valence-electron chi connectivity index (χ0n) is 46.6. The van der Waals surface area contributed by atoms with Crippen LogP contribution < -0.4 is 0 Å². The molecule has 0 saturated heterocycles. The van der Waals surface area contributed by atoms with Crippen LogP contribution in [-0.2, 0) is 5.41 Å². The quantitative estimate of drug-likeness (QED) is 0.144. The Morgan fingerprint density at radius 1 is 0.310 bits per heavy atom. The lowest BCUT2D eigenvalue weighted by Crippen LogP contribution is -2.13. The molecule has 84 heavy (non-hydrogen) atoms. The van der Waals surface area contributed by atoms with E-state index in [0.29, 0.717) is 5.82 Å². The molecule has 0 spiro atoms. The third-order valence-corrected chi connectivity index (χ3v) is 16.6. The molecule has 0 aliphatic carbocycles. The van der Waals surface area contributed by atoms with Crippen molar-refractivity contribution in [1.82, 2.24) is 37.9 Å². The smallest absolute Gasteiger partial charge is 0.222 e. The van der Waals surface area contributed by atoms with Gasteiger partial charge in [-0.1, -0.05) is 227 Å². The molecule has 8 nitrogen and oxygen atoms in total. The molecule has 0 aliphatic rings. The first-order chi connectivity index (χ1) is 41.4. The van der Waals surface area contributed by atoms with Crippen molar-refractivity contribution < 1.29 is 0 Å². The van der Waals surface area contributed by atoms with Gasteiger partial charge in [-0.2, -0.15) is 0 Å². The maximum absolute atomic E-state index is 5.65. The van der Waals surface area contributed by atoms with E-state index in [1.165, 1.54) is 16.7 Å². The van der Waals surface area contributed by atoms with E-state index in [2.05, 4.69) is 293 Å². The van der Waals surface area contributed by atoms with E-state index in [4.69, 9.17) is 19.9 Å². The molecule has 11 aromatic carbocycles. The molecule has 398 valence electrons. The Labute approximate surface area is 485 Å². The summed E-state index contributed by atoms with van der Waals surface area (Å²) in [5.74, 6) is 2.23. The molecule has 16 rings (SSSR count). The highest BCUT2D eigenvalue weighted by atomic mass is 15.2. The largest absolute Gasteiger partial charge is 0.278 e. The Morgan fingerprint density at radius 2 is 0.726 bits per heavy atom. The summed E-state index contributed by atoms with van der Waals surface area (Å²) in [6, 6.07) is 95.7. The van der Waals surface area contributed by atoms with E-state index in [1.807, 2.05) is 18.3 Å². The minimum Gasteiger partial charge on any atom is -0.278 e. The number of hydrogen-bond donors (Lipinski definition) is 0. The van der Waals surface area contributed by atoms with Crippen LogP contribution in [0.1, 0.15) is 26.3 Å². The first kappa shape index (κ1) is 48.9. The van der Waals surface area contributed by atoms with Gasteiger partial charge in [-0.3, -0.25) is 17.9 Å². The highest BCUT2D eigenvalue weighted by Crippen LogP contribution is 2.56. The number of fused-ring (bicyclic) bond motifs is 10. The molecule has 8 heteroatoms. The van der Waals surface area contributed by atoms with Gasteiger partial charge in [0.15, 0.2) is 11.5 Å². The fourth-order valence-electron chi connectivity index (χ4n) is 12.9. The van der Waals surface area contributed by atoms with Crippen molar-refractivity contribution in [3.63, 3.8) is 0 Å². The highest BCUT2D eigenvalue weighted by Gasteiger charge is 2.31. The molecule has 0 atom stereocenters. The monoisotopic (exact) mass is 1080 g/mol. The van der Waals surface area contributed by atoms with Gasteiger partial charge in [-0.15, -0.1) is 0 Å². The van der Waals surface area contributed by atoms with Gasteiger partial charge >= 0.3 is 0 Å². The van der Waals surface area contributed by atoms with E-state index >= 15 is 0 Å². The molecule has 16 aromatic rings. The van der Waals surface area contributed by atoms with Gasteiger partial charge < -0.3 is 0 Å². The van der Waals surface area contributed by atoms with Gasteiger partial charge in [-0.05, 0) is 138 Å². The molecular formula is C76H54N8. The van der Waals surface area contributed by atoms with Crippen LogP contribution in [0.3, 0.4) is 0 Å². The van der Waals surface area contributed by atoms with Gasteiger partial charge in [-0.25, -0.2) is 19.9 Å². The average Bonchev–Trinajstić information content (AvgIpc) is 1.92. The van der Waals surface area contributed by atoms with Crippen LogP contribution >= 0.6 is 0 Å². The molecule has 0 amide bonds. The lowest BCUT2D eigenvalue weighted by Gasteiger charge is -2.29. The van der Waals surface area contributed by atoms with Crippen molar-refractivity contribution in [3.05, 3.63) is 279 Å². The maximum atomic E-state index is 5.65. The Balaban J connectivity index is 0.969. The SMILES string of the molecule is CC(C)(C)c1cc2nc3n(-c4cccc(-c5c(-c6ccccc6)c(-c6ccccc6)c(-c6ccccc6)c(-c6ccccc6)c5-c5ccccc5)c4)c4ccccc4n3c2cc1-c1ncc2c(n1)n(-c1ccccc1)c1nc3ccccc3n21. The van der Waals surface area contributed by atoms with Crippen molar-refractivity contribution in [3.8, 4) is 89.5 Å². The molecule has 0 radical (unpaired) electrons. The average molecular weight is 1080 g/mol. The maximum Gasteiger partial charge on any atom is 0.222 e. The van der Waals surface area contributed by atoms with E-state index in [1.54, 1.807) is 0 Å². The van der Waals surface area contributed by atoms with Crippen LogP contribution in [0.2, 0.25) is 0 Å². The lowest BCUT2D eigenvalue weighted by molar-refractivity contribution is 0.592. The normalized spacial score (nSPS) is 12.0. The fourth-order valence-corrected chi connectivity index (χ4v) is 12.9. The number of para-hydroxylation sites is 5. The van der Waals surface area contributed by atoms with Crippen LogP contribution in [0.15, 0.2) is 273 Å². The number of imidazole rings is 4. The van der Waals surface area contributed by atoms with Crippen molar-refractivity contribution in [2.75, 3.05) is 0 Å². The number of nitrogens with zero attached hydrogens (tertiary/aromatic N) is 8. The number of hydrogen-bond acceptors (Lipinski definition) is 4. The standard InChI is InChI=1S/C76H54N8/c1-76(2,3)58-47-60-64(46-57(58)72-77-48-65-73(80-72)82(55-38-20-9-21-39-55)75-78-59-41-22-23-42-61(59)83(65)75)84-63-44-25-24-43-62(63)81(74(84)79-60)56-40-26-37-54(45-56)71-69(52-33-16-7-17-34-52)67(50-29-12-5-13-30-50)66(49-27-10-4-11-28-49)68(51-31-14-6-15-32-51)70(71)53-35-18-8-19-36-53/h4-48H,1-3H3. The third-order valence-electron chi connectivity index (χ3n) is 16.6. The molecule has 5 aromatic heterocycles. The Bertz CT molecular complexity index is 5080. The van der Waals surface area contributed by atoms with Crippen molar-refractivity contribution in [2.24, 2.45) is 0 Å². The molecule has 0 unspecified atom stereocenters. The molecule has 0 aliphatic heterocycles. The summed E-state index contributed by atoms with van der Waals surface area (Å²) >= 11 is 0.